The Kier molecular flexibility index (Phi) is 5.64. The summed E-state index contributed by atoms with van der Waals surface area (Å²) in [5.74, 6) is 1.06. The Morgan fingerprint density at radius 2 is 1.81 bits per heavy atom. The van der Waals surface area contributed by atoms with Gasteiger partial charge in [0.25, 0.3) is 0 Å². The van der Waals surface area contributed by atoms with Gasteiger partial charge in [-0.1, -0.05) is 30.3 Å². The van der Waals surface area contributed by atoms with Crippen LogP contribution in [0.1, 0.15) is 18.4 Å². The van der Waals surface area contributed by atoms with Crippen molar-refractivity contribution >= 4 is 17.5 Å². The largest absolute Gasteiger partial charge is 0.493 e. The minimum absolute atomic E-state index is 0.0120. The smallest absolute Gasteiger partial charge is 0.249 e. The summed E-state index contributed by atoms with van der Waals surface area (Å²) in [4.78, 5) is 28.7. The van der Waals surface area contributed by atoms with E-state index >= 15 is 0 Å². The van der Waals surface area contributed by atoms with E-state index in [-0.39, 0.29) is 11.8 Å². The number of likely N-dealkylation sites (N-methyl/N-ethyl adjacent to an activating group) is 1. The molecule has 0 radical (unpaired) electrons. The SMILES string of the molecule is COc1ccc(N(C)C(=O)C2CCC(=O)N2Cc2ccccc2)cc1OC. The number of carbonyl (C=O) groups excluding carboxylic acids is 2. The maximum atomic E-state index is 13.1. The fourth-order valence-electron chi connectivity index (χ4n) is 3.35. The molecule has 2 aromatic carbocycles. The minimum atomic E-state index is -0.462. The van der Waals surface area contributed by atoms with Crippen molar-refractivity contribution in [1.29, 1.82) is 0 Å². The molecule has 0 N–H and O–H groups in total. The highest BCUT2D eigenvalue weighted by Gasteiger charge is 2.37. The van der Waals surface area contributed by atoms with Gasteiger partial charge in [-0.05, 0) is 24.1 Å². The zero-order valence-electron chi connectivity index (χ0n) is 15.8. The highest BCUT2D eigenvalue weighted by molar-refractivity contribution is 6.00. The van der Waals surface area contributed by atoms with E-state index in [0.717, 1.165) is 5.56 Å². The van der Waals surface area contributed by atoms with Gasteiger partial charge in [0.15, 0.2) is 11.5 Å². The Hall–Kier alpha value is -3.02. The van der Waals surface area contributed by atoms with E-state index in [1.165, 1.54) is 0 Å². The molecule has 3 rings (SSSR count). The third-order valence-corrected chi connectivity index (χ3v) is 4.89. The number of benzene rings is 2. The Balaban J connectivity index is 1.80. The quantitative estimate of drug-likeness (QED) is 0.787. The van der Waals surface area contributed by atoms with Crippen LogP contribution in [0.3, 0.4) is 0 Å². The Morgan fingerprint density at radius 3 is 2.48 bits per heavy atom. The summed E-state index contributed by atoms with van der Waals surface area (Å²) in [6.07, 6.45) is 0.922. The monoisotopic (exact) mass is 368 g/mol. The molecule has 27 heavy (non-hydrogen) atoms. The van der Waals surface area contributed by atoms with E-state index in [0.29, 0.717) is 36.6 Å². The van der Waals surface area contributed by atoms with E-state index in [1.54, 1.807) is 49.3 Å². The lowest BCUT2D eigenvalue weighted by Crippen LogP contribution is -2.45. The van der Waals surface area contributed by atoms with Gasteiger partial charge in [-0.15, -0.1) is 0 Å². The van der Waals surface area contributed by atoms with Crippen LogP contribution in [0.4, 0.5) is 5.69 Å². The molecule has 1 atom stereocenters. The standard InChI is InChI=1S/C21H24N2O4/c1-22(16-9-11-18(26-2)19(13-16)27-3)21(25)17-10-12-20(24)23(17)14-15-7-5-4-6-8-15/h4-9,11,13,17H,10,12,14H2,1-3H3. The first-order chi connectivity index (χ1) is 13.0. The molecule has 0 saturated carbocycles. The summed E-state index contributed by atoms with van der Waals surface area (Å²) in [6, 6.07) is 14.6. The van der Waals surface area contributed by atoms with Crippen LogP contribution in [0.2, 0.25) is 0 Å². The lowest BCUT2D eigenvalue weighted by atomic mass is 10.1. The molecule has 0 bridgehead atoms. The van der Waals surface area contributed by atoms with Gasteiger partial charge in [0.1, 0.15) is 6.04 Å². The minimum Gasteiger partial charge on any atom is -0.493 e. The molecule has 6 nitrogen and oxygen atoms in total. The summed E-state index contributed by atoms with van der Waals surface area (Å²) < 4.78 is 10.6. The normalized spacial score (nSPS) is 16.3. The molecule has 1 aliphatic heterocycles. The second-order valence-electron chi connectivity index (χ2n) is 6.50. The number of rotatable bonds is 6. The Bertz CT molecular complexity index is 822. The Labute approximate surface area is 159 Å². The zero-order chi connectivity index (χ0) is 19.4. The molecular formula is C21H24N2O4. The second kappa shape index (κ2) is 8.12. The fraction of sp³-hybridized carbons (Fsp3) is 0.333. The average Bonchev–Trinajstić information content (AvgIpc) is 3.07. The fourth-order valence-corrected chi connectivity index (χ4v) is 3.35. The number of amides is 2. The molecule has 0 aromatic heterocycles. The summed E-state index contributed by atoms with van der Waals surface area (Å²) in [5.41, 5.74) is 1.70. The van der Waals surface area contributed by atoms with Gasteiger partial charge >= 0.3 is 0 Å². The maximum absolute atomic E-state index is 13.1. The van der Waals surface area contributed by atoms with Gasteiger partial charge < -0.3 is 19.3 Å². The van der Waals surface area contributed by atoms with E-state index in [2.05, 4.69) is 0 Å². The molecule has 2 aromatic rings. The molecule has 1 unspecified atom stereocenters. The number of hydrogen-bond acceptors (Lipinski definition) is 4. The number of methoxy groups -OCH3 is 2. The van der Waals surface area contributed by atoms with Crippen LogP contribution < -0.4 is 14.4 Å². The first-order valence-electron chi connectivity index (χ1n) is 8.88. The number of anilines is 1. The van der Waals surface area contributed by atoms with Crippen molar-refractivity contribution in [3.8, 4) is 11.5 Å². The third kappa shape index (κ3) is 3.89. The average molecular weight is 368 g/mol. The van der Waals surface area contributed by atoms with E-state index in [4.69, 9.17) is 9.47 Å². The van der Waals surface area contributed by atoms with Gasteiger partial charge in [0.2, 0.25) is 11.8 Å². The number of carbonyl (C=O) groups is 2. The topological polar surface area (TPSA) is 59.1 Å². The van der Waals surface area contributed by atoms with Gasteiger partial charge in [0.05, 0.1) is 14.2 Å². The molecule has 1 fully saturated rings. The van der Waals surface area contributed by atoms with E-state index in [9.17, 15) is 9.59 Å². The highest BCUT2D eigenvalue weighted by atomic mass is 16.5. The van der Waals surface area contributed by atoms with Crippen LogP contribution in [0.25, 0.3) is 0 Å². The van der Waals surface area contributed by atoms with E-state index in [1.807, 2.05) is 30.3 Å². The predicted octanol–water partition coefficient (Wildman–Crippen LogP) is 2.86. The van der Waals surface area contributed by atoms with Crippen LogP contribution >= 0.6 is 0 Å². The first kappa shape index (κ1) is 18.8. The first-order valence-corrected chi connectivity index (χ1v) is 8.88. The lowest BCUT2D eigenvalue weighted by molar-refractivity contribution is -0.134. The summed E-state index contributed by atoms with van der Waals surface area (Å²) in [7, 11) is 4.84. The molecule has 6 heteroatoms. The molecular weight excluding hydrogens is 344 g/mol. The lowest BCUT2D eigenvalue weighted by Gasteiger charge is -2.28. The van der Waals surface area contributed by atoms with Crippen molar-refractivity contribution in [2.45, 2.75) is 25.4 Å². The van der Waals surface area contributed by atoms with Crippen molar-refractivity contribution in [1.82, 2.24) is 4.90 Å². The number of ether oxygens (including phenoxy) is 2. The molecule has 142 valence electrons. The van der Waals surface area contributed by atoms with Crippen LogP contribution in [-0.4, -0.2) is 44.0 Å². The number of likely N-dealkylation sites (tertiary alicyclic amines) is 1. The number of nitrogens with zero attached hydrogens (tertiary/aromatic N) is 2. The third-order valence-electron chi connectivity index (χ3n) is 4.89. The summed E-state index contributed by atoms with van der Waals surface area (Å²) >= 11 is 0. The van der Waals surface area contributed by atoms with Gasteiger partial charge in [-0.25, -0.2) is 0 Å². The van der Waals surface area contributed by atoms with Crippen molar-refractivity contribution < 1.29 is 19.1 Å². The maximum Gasteiger partial charge on any atom is 0.249 e. The van der Waals surface area contributed by atoms with Gasteiger partial charge in [0, 0.05) is 31.8 Å². The van der Waals surface area contributed by atoms with E-state index < -0.39 is 6.04 Å². The summed E-state index contributed by atoms with van der Waals surface area (Å²) in [5, 5.41) is 0. The number of hydrogen-bond donors (Lipinski definition) is 0. The van der Waals surface area contributed by atoms with Gasteiger partial charge in [-0.2, -0.15) is 0 Å². The molecule has 1 aliphatic rings. The molecule has 0 aliphatic carbocycles. The van der Waals surface area contributed by atoms with Crippen LogP contribution in [-0.2, 0) is 16.1 Å². The molecule has 2 amide bonds. The van der Waals surface area contributed by atoms with Crippen molar-refractivity contribution in [3.63, 3.8) is 0 Å². The van der Waals surface area contributed by atoms with Crippen molar-refractivity contribution in [3.05, 3.63) is 54.1 Å². The molecule has 1 saturated heterocycles. The van der Waals surface area contributed by atoms with Crippen molar-refractivity contribution in [2.24, 2.45) is 0 Å². The van der Waals surface area contributed by atoms with Crippen LogP contribution in [0.5, 0.6) is 11.5 Å². The molecule has 1 heterocycles. The van der Waals surface area contributed by atoms with Crippen molar-refractivity contribution in [2.75, 3.05) is 26.2 Å². The zero-order valence-corrected chi connectivity index (χ0v) is 15.8. The predicted molar refractivity (Wildman–Crippen MR) is 103 cm³/mol. The highest BCUT2D eigenvalue weighted by Crippen LogP contribution is 2.32. The van der Waals surface area contributed by atoms with Crippen LogP contribution in [0.15, 0.2) is 48.5 Å². The summed E-state index contributed by atoms with van der Waals surface area (Å²) in [6.45, 7) is 0.440. The van der Waals surface area contributed by atoms with Crippen LogP contribution in [0, 0.1) is 0 Å². The second-order valence-corrected chi connectivity index (χ2v) is 6.50. The Morgan fingerprint density at radius 1 is 1.11 bits per heavy atom. The molecule has 0 spiro atoms. The van der Waals surface area contributed by atoms with Gasteiger partial charge in [-0.3, -0.25) is 9.59 Å².